The number of anilines is 2. The maximum absolute atomic E-state index is 12.5. The molecule has 3 aromatic rings. The molecule has 1 saturated heterocycles. The molecule has 0 aromatic carbocycles. The first-order valence-electron chi connectivity index (χ1n) is 7.66. The first kappa shape index (κ1) is 14.9. The number of nitrogens with zero attached hydrogens (tertiary/aromatic N) is 6. The maximum Gasteiger partial charge on any atom is 0.259 e. The molecule has 0 bridgehead atoms. The normalized spacial score (nSPS) is 14.1. The quantitative estimate of drug-likeness (QED) is 0.700. The number of nitrogens with two attached hydrogens (primary N) is 1. The first-order chi connectivity index (χ1) is 12.2. The summed E-state index contributed by atoms with van der Waals surface area (Å²) in [5.41, 5.74) is 7.09. The van der Waals surface area contributed by atoms with Crippen LogP contribution in [0.5, 0.6) is 0 Å². The van der Waals surface area contributed by atoms with Crippen molar-refractivity contribution in [1.29, 1.82) is 5.26 Å². The van der Waals surface area contributed by atoms with E-state index in [0.717, 1.165) is 5.82 Å². The number of carbonyl (C=O) groups is 1. The van der Waals surface area contributed by atoms with Gasteiger partial charge in [-0.05, 0) is 18.2 Å². The van der Waals surface area contributed by atoms with E-state index in [4.69, 9.17) is 11.0 Å². The highest BCUT2D eigenvalue weighted by molar-refractivity contribution is 6.04. The van der Waals surface area contributed by atoms with Crippen molar-refractivity contribution >= 4 is 23.2 Å². The summed E-state index contributed by atoms with van der Waals surface area (Å²) in [6, 6.07) is 7.26. The van der Waals surface area contributed by atoms with Gasteiger partial charge in [0.1, 0.15) is 17.5 Å². The van der Waals surface area contributed by atoms with E-state index >= 15 is 0 Å². The average Bonchev–Trinajstić information content (AvgIpc) is 2.93. The number of hydrogen-bond donors (Lipinski definition) is 2. The number of fused-ring (bicyclic) bond motifs is 1. The second-order valence-electron chi connectivity index (χ2n) is 5.74. The number of carbonyl (C=O) groups excluding carboxylic acids is 1. The van der Waals surface area contributed by atoms with Gasteiger partial charge in [-0.15, -0.1) is 5.10 Å². The van der Waals surface area contributed by atoms with Gasteiger partial charge in [0.05, 0.1) is 11.6 Å². The molecule has 1 aliphatic heterocycles. The monoisotopic (exact) mass is 334 g/mol. The van der Waals surface area contributed by atoms with Crippen LogP contribution in [0.4, 0.5) is 11.6 Å². The molecule has 0 atom stereocenters. The van der Waals surface area contributed by atoms with Crippen molar-refractivity contribution in [1.82, 2.24) is 24.9 Å². The van der Waals surface area contributed by atoms with Gasteiger partial charge in [-0.25, -0.2) is 14.5 Å². The van der Waals surface area contributed by atoms with Gasteiger partial charge in [0, 0.05) is 31.7 Å². The summed E-state index contributed by atoms with van der Waals surface area (Å²) in [6.45, 7) is 1.27. The Morgan fingerprint density at radius 3 is 2.92 bits per heavy atom. The number of aromatic nitrogens is 4. The van der Waals surface area contributed by atoms with Crippen molar-refractivity contribution in [3.05, 3.63) is 47.9 Å². The third kappa shape index (κ3) is 2.59. The topological polar surface area (TPSA) is 125 Å². The molecule has 4 heterocycles. The van der Waals surface area contributed by atoms with Crippen LogP contribution < -0.4 is 16.0 Å². The summed E-state index contributed by atoms with van der Waals surface area (Å²) in [6.07, 6.45) is 4.82. The fourth-order valence-corrected chi connectivity index (χ4v) is 2.78. The van der Waals surface area contributed by atoms with E-state index in [-0.39, 0.29) is 23.3 Å². The van der Waals surface area contributed by atoms with Gasteiger partial charge in [0.2, 0.25) is 0 Å². The van der Waals surface area contributed by atoms with E-state index in [2.05, 4.69) is 20.4 Å². The molecule has 9 nitrogen and oxygen atoms in total. The Morgan fingerprint density at radius 1 is 1.36 bits per heavy atom. The molecule has 124 valence electrons. The molecule has 3 aromatic heterocycles. The lowest BCUT2D eigenvalue weighted by Crippen LogP contribution is -2.59. The molecule has 4 rings (SSSR count). The zero-order valence-corrected chi connectivity index (χ0v) is 13.1. The van der Waals surface area contributed by atoms with Crippen molar-refractivity contribution in [3.8, 4) is 6.07 Å². The Labute approximate surface area is 142 Å². The smallest absolute Gasteiger partial charge is 0.259 e. The van der Waals surface area contributed by atoms with Crippen LogP contribution in [-0.2, 0) is 0 Å². The second-order valence-corrected chi connectivity index (χ2v) is 5.74. The molecular formula is C16H14N8O. The summed E-state index contributed by atoms with van der Waals surface area (Å²) in [4.78, 5) is 22.9. The van der Waals surface area contributed by atoms with Crippen LogP contribution in [0.15, 0.2) is 36.8 Å². The first-order valence-corrected chi connectivity index (χ1v) is 7.66. The molecule has 1 aliphatic rings. The van der Waals surface area contributed by atoms with Gasteiger partial charge >= 0.3 is 0 Å². The number of rotatable bonds is 3. The largest absolute Gasteiger partial charge is 0.381 e. The maximum atomic E-state index is 12.5. The molecule has 0 unspecified atom stereocenters. The third-order valence-electron chi connectivity index (χ3n) is 4.07. The number of nitriles is 1. The lowest BCUT2D eigenvalue weighted by Gasteiger charge is -2.40. The minimum absolute atomic E-state index is 0.0111. The minimum Gasteiger partial charge on any atom is -0.381 e. The van der Waals surface area contributed by atoms with Crippen molar-refractivity contribution in [2.45, 2.75) is 6.04 Å². The van der Waals surface area contributed by atoms with Gasteiger partial charge in [-0.1, -0.05) is 0 Å². The van der Waals surface area contributed by atoms with E-state index in [1.54, 1.807) is 30.6 Å². The zero-order valence-electron chi connectivity index (χ0n) is 13.1. The molecule has 1 fully saturated rings. The molecule has 3 N–H and O–H groups in total. The molecule has 0 spiro atoms. The average molecular weight is 334 g/mol. The molecular weight excluding hydrogens is 320 g/mol. The van der Waals surface area contributed by atoms with E-state index in [1.165, 1.54) is 10.7 Å². The highest BCUT2D eigenvalue weighted by Crippen LogP contribution is 2.20. The third-order valence-corrected chi connectivity index (χ3v) is 4.07. The molecule has 9 heteroatoms. The van der Waals surface area contributed by atoms with Crippen LogP contribution in [0.2, 0.25) is 0 Å². The Morgan fingerprint density at radius 2 is 2.20 bits per heavy atom. The van der Waals surface area contributed by atoms with Gasteiger partial charge < -0.3 is 16.0 Å². The van der Waals surface area contributed by atoms with Crippen LogP contribution in [0, 0.1) is 11.3 Å². The highest BCUT2D eigenvalue weighted by Gasteiger charge is 2.31. The molecule has 0 saturated carbocycles. The minimum atomic E-state index is -0.288. The van der Waals surface area contributed by atoms with E-state index in [1.807, 2.05) is 11.0 Å². The number of amides is 1. The molecule has 25 heavy (non-hydrogen) atoms. The van der Waals surface area contributed by atoms with Crippen LogP contribution in [0.25, 0.3) is 5.65 Å². The van der Waals surface area contributed by atoms with E-state index in [9.17, 15) is 4.79 Å². The van der Waals surface area contributed by atoms with Crippen LogP contribution in [-0.4, -0.2) is 44.6 Å². The number of nitrogen functional groups attached to an aromatic ring is 1. The second kappa shape index (κ2) is 5.76. The van der Waals surface area contributed by atoms with Gasteiger partial charge in [-0.3, -0.25) is 4.79 Å². The predicted molar refractivity (Wildman–Crippen MR) is 89.8 cm³/mol. The lowest BCUT2D eigenvalue weighted by atomic mass is 10.1. The van der Waals surface area contributed by atoms with Gasteiger partial charge in [-0.2, -0.15) is 5.26 Å². The molecule has 1 amide bonds. The Balaban J connectivity index is 1.43. The number of hydrogen-bond acceptors (Lipinski definition) is 7. The Hall–Kier alpha value is -3.67. The summed E-state index contributed by atoms with van der Waals surface area (Å²) in [7, 11) is 0. The number of nitrogens with one attached hydrogen (secondary N) is 1. The highest BCUT2D eigenvalue weighted by atomic mass is 16.1. The van der Waals surface area contributed by atoms with Crippen molar-refractivity contribution in [3.63, 3.8) is 0 Å². The SMILES string of the molecule is N#Cc1ccc(N2CC(NC(=O)c3c(N)nn4cccnc34)C2)nc1. The van der Waals surface area contributed by atoms with Gasteiger partial charge in [0.25, 0.3) is 5.91 Å². The zero-order chi connectivity index (χ0) is 17.4. The number of pyridine rings is 1. The summed E-state index contributed by atoms with van der Waals surface area (Å²) >= 11 is 0. The Bertz CT molecular complexity index is 982. The summed E-state index contributed by atoms with van der Waals surface area (Å²) in [5.74, 6) is 0.645. The van der Waals surface area contributed by atoms with E-state index in [0.29, 0.717) is 24.3 Å². The van der Waals surface area contributed by atoms with Crippen molar-refractivity contribution < 1.29 is 4.79 Å². The predicted octanol–water partition coefficient (Wildman–Crippen LogP) is 0.197. The molecule has 0 aliphatic carbocycles. The summed E-state index contributed by atoms with van der Waals surface area (Å²) in [5, 5.41) is 15.8. The van der Waals surface area contributed by atoms with Crippen LogP contribution in [0.3, 0.4) is 0 Å². The van der Waals surface area contributed by atoms with Crippen LogP contribution >= 0.6 is 0 Å². The Kier molecular flexibility index (Phi) is 3.43. The van der Waals surface area contributed by atoms with E-state index < -0.39 is 0 Å². The van der Waals surface area contributed by atoms with Crippen LogP contribution in [0.1, 0.15) is 15.9 Å². The van der Waals surface area contributed by atoms with Crippen molar-refractivity contribution in [2.75, 3.05) is 23.7 Å². The molecule has 0 radical (unpaired) electrons. The van der Waals surface area contributed by atoms with Crippen molar-refractivity contribution in [2.24, 2.45) is 0 Å². The fraction of sp³-hybridized carbons (Fsp3) is 0.188. The lowest BCUT2D eigenvalue weighted by molar-refractivity contribution is 0.0932. The standard InChI is InChI=1S/C16H14N8O/c17-6-10-2-3-12(20-7-10)23-8-11(9-23)21-16(25)13-14(18)22-24-5-1-4-19-15(13)24/h1-5,7,11H,8-9H2,(H2,18,22)(H,21,25). The van der Waals surface area contributed by atoms with Gasteiger partial charge in [0.15, 0.2) is 11.5 Å². The summed E-state index contributed by atoms with van der Waals surface area (Å²) < 4.78 is 1.48. The fourth-order valence-electron chi connectivity index (χ4n) is 2.78.